The Morgan fingerprint density at radius 3 is 1.74 bits per heavy atom. The second-order valence-corrected chi connectivity index (χ2v) is 12.6. The fraction of sp³-hybridized carbons (Fsp3) is 0. The average molecular weight is 640 g/mol. The molecule has 7 aromatic carbocycles. The highest BCUT2D eigenvalue weighted by Gasteiger charge is 2.19. The first-order valence-corrected chi connectivity index (χ1v) is 16.8. The van der Waals surface area contributed by atoms with E-state index >= 15 is 0 Å². The summed E-state index contributed by atoms with van der Waals surface area (Å²) >= 11 is 0. The van der Waals surface area contributed by atoms with Crippen molar-refractivity contribution in [2.24, 2.45) is 0 Å². The molecule has 50 heavy (non-hydrogen) atoms. The topological polar surface area (TPSA) is 43.9 Å². The molecular weight excluding hydrogens is 611 g/mol. The monoisotopic (exact) mass is 639 g/mol. The summed E-state index contributed by atoms with van der Waals surface area (Å²) in [6.07, 6.45) is 0. The summed E-state index contributed by atoms with van der Waals surface area (Å²) in [5, 5.41) is 3.46. The van der Waals surface area contributed by atoms with Gasteiger partial charge in [-0.25, -0.2) is 9.97 Å². The molecule has 3 aromatic heterocycles. The lowest BCUT2D eigenvalue weighted by Gasteiger charge is -2.10. The predicted molar refractivity (Wildman–Crippen MR) is 205 cm³/mol. The van der Waals surface area contributed by atoms with Gasteiger partial charge in [0.1, 0.15) is 16.8 Å². The van der Waals surface area contributed by atoms with Gasteiger partial charge in [-0.1, -0.05) is 133 Å². The van der Waals surface area contributed by atoms with Crippen LogP contribution in [0.5, 0.6) is 0 Å². The first-order chi connectivity index (χ1) is 24.8. The van der Waals surface area contributed by atoms with E-state index in [1.54, 1.807) is 0 Å². The lowest BCUT2D eigenvalue weighted by molar-refractivity contribution is 0.667. The molecule has 0 aliphatic carbocycles. The van der Waals surface area contributed by atoms with Gasteiger partial charge in [0, 0.05) is 33.0 Å². The maximum atomic E-state index is 6.58. The third-order valence-corrected chi connectivity index (χ3v) is 9.63. The number of nitrogens with zero attached hydrogens (tertiary/aromatic N) is 3. The van der Waals surface area contributed by atoms with E-state index in [-0.39, 0.29) is 0 Å². The Morgan fingerprint density at radius 2 is 0.980 bits per heavy atom. The highest BCUT2D eigenvalue weighted by Crippen LogP contribution is 2.38. The lowest BCUT2D eigenvalue weighted by Crippen LogP contribution is -1.93. The van der Waals surface area contributed by atoms with E-state index < -0.39 is 0 Å². The van der Waals surface area contributed by atoms with Crippen molar-refractivity contribution in [2.75, 3.05) is 0 Å². The summed E-state index contributed by atoms with van der Waals surface area (Å²) in [5.41, 5.74) is 13.2. The molecule has 4 nitrogen and oxygen atoms in total. The number of rotatable bonds is 5. The number of furan rings is 1. The molecule has 0 amide bonds. The summed E-state index contributed by atoms with van der Waals surface area (Å²) in [7, 11) is 0. The van der Waals surface area contributed by atoms with E-state index in [4.69, 9.17) is 14.4 Å². The van der Waals surface area contributed by atoms with Gasteiger partial charge in [-0.3, -0.25) is 0 Å². The highest BCUT2D eigenvalue weighted by atomic mass is 16.3. The Morgan fingerprint density at radius 1 is 0.400 bits per heavy atom. The van der Waals surface area contributed by atoms with Crippen LogP contribution in [0.25, 0.3) is 94.5 Å². The number of benzene rings is 7. The van der Waals surface area contributed by atoms with E-state index in [1.807, 2.05) is 48.5 Å². The van der Waals surface area contributed by atoms with Gasteiger partial charge in [0.2, 0.25) is 0 Å². The molecule has 0 fully saturated rings. The van der Waals surface area contributed by atoms with Crippen LogP contribution in [0.3, 0.4) is 0 Å². The molecule has 0 radical (unpaired) electrons. The molecular formula is C46H29N3O. The zero-order valence-corrected chi connectivity index (χ0v) is 27.0. The van der Waals surface area contributed by atoms with Gasteiger partial charge in [0.15, 0.2) is 11.4 Å². The minimum atomic E-state index is 0.681. The van der Waals surface area contributed by atoms with Gasteiger partial charge in [0.25, 0.3) is 0 Å². The summed E-state index contributed by atoms with van der Waals surface area (Å²) in [6.45, 7) is 0. The van der Waals surface area contributed by atoms with E-state index in [0.29, 0.717) is 11.4 Å². The molecule has 3 heterocycles. The van der Waals surface area contributed by atoms with E-state index in [1.165, 1.54) is 32.9 Å². The smallest absolute Gasteiger partial charge is 0.180 e. The number of hydrogen-bond donors (Lipinski definition) is 0. The van der Waals surface area contributed by atoms with Crippen molar-refractivity contribution in [3.05, 3.63) is 176 Å². The molecule has 10 aromatic rings. The lowest BCUT2D eigenvalue weighted by atomic mass is 10.0. The minimum absolute atomic E-state index is 0.681. The molecule has 10 rings (SSSR count). The van der Waals surface area contributed by atoms with Gasteiger partial charge in [-0.05, 0) is 64.7 Å². The second kappa shape index (κ2) is 11.4. The van der Waals surface area contributed by atoms with Crippen molar-refractivity contribution < 1.29 is 4.42 Å². The van der Waals surface area contributed by atoms with Crippen LogP contribution < -0.4 is 0 Å². The van der Waals surface area contributed by atoms with E-state index in [0.717, 1.165) is 50.1 Å². The van der Waals surface area contributed by atoms with Crippen LogP contribution in [-0.2, 0) is 0 Å². The summed E-state index contributed by atoms with van der Waals surface area (Å²) in [6, 6.07) is 61.5. The molecule has 234 valence electrons. The van der Waals surface area contributed by atoms with Crippen LogP contribution in [0.4, 0.5) is 0 Å². The molecule has 0 bridgehead atoms. The molecule has 0 aliphatic heterocycles. The number of aromatic nitrogens is 3. The number of hydrogen-bond acceptors (Lipinski definition) is 3. The van der Waals surface area contributed by atoms with Crippen molar-refractivity contribution in [3.63, 3.8) is 0 Å². The minimum Gasteiger partial charge on any atom is -0.452 e. The Kier molecular flexibility index (Phi) is 6.46. The van der Waals surface area contributed by atoms with Crippen LogP contribution in [0.1, 0.15) is 0 Å². The van der Waals surface area contributed by atoms with Crippen LogP contribution in [0.15, 0.2) is 180 Å². The van der Waals surface area contributed by atoms with Crippen molar-refractivity contribution in [1.82, 2.24) is 14.5 Å². The maximum absolute atomic E-state index is 6.58. The highest BCUT2D eigenvalue weighted by molar-refractivity contribution is 6.11. The molecule has 0 spiro atoms. The van der Waals surface area contributed by atoms with Gasteiger partial charge in [-0.15, -0.1) is 0 Å². The van der Waals surface area contributed by atoms with Gasteiger partial charge < -0.3 is 8.98 Å². The van der Waals surface area contributed by atoms with Crippen molar-refractivity contribution in [2.45, 2.75) is 0 Å². The number of para-hydroxylation sites is 1. The Bertz CT molecular complexity index is 2840. The van der Waals surface area contributed by atoms with Crippen LogP contribution in [0, 0.1) is 0 Å². The van der Waals surface area contributed by atoms with Crippen molar-refractivity contribution >= 4 is 43.9 Å². The molecule has 0 saturated carbocycles. The van der Waals surface area contributed by atoms with Crippen molar-refractivity contribution in [1.29, 1.82) is 0 Å². The predicted octanol–water partition coefficient (Wildman–Crippen LogP) is 12.1. The quantitative estimate of drug-likeness (QED) is 0.188. The maximum Gasteiger partial charge on any atom is 0.180 e. The molecule has 0 atom stereocenters. The molecule has 0 saturated heterocycles. The largest absolute Gasteiger partial charge is 0.452 e. The molecule has 4 heteroatoms. The first kappa shape index (κ1) is 28.3. The second-order valence-electron chi connectivity index (χ2n) is 12.6. The third kappa shape index (κ3) is 4.61. The third-order valence-electron chi connectivity index (χ3n) is 9.63. The van der Waals surface area contributed by atoms with Gasteiger partial charge in [0.05, 0.1) is 11.0 Å². The molecule has 0 aliphatic rings. The molecule has 0 N–H and O–H groups in total. The standard InChI is InChI=1S/C46H29N3O/c1-4-12-30(13-5-1)34-23-27-41-39(28-34)37-18-10-11-19-40(37)49(41)36-24-20-31(21-25-36)35-22-26-38-42(29-35)50-45-43(32-14-6-2-7-15-32)47-46(48-44(38)45)33-16-8-3-9-17-33/h1-29H. The van der Waals surface area contributed by atoms with Gasteiger partial charge >= 0.3 is 0 Å². The SMILES string of the molecule is c1ccc(-c2ccc3c(c2)c2ccccc2n3-c2ccc(-c3ccc4c(c3)oc3c(-c5ccccc5)nc(-c5ccccc5)nc34)cc2)cc1. The first-order valence-electron chi connectivity index (χ1n) is 16.8. The van der Waals surface area contributed by atoms with Crippen LogP contribution >= 0.6 is 0 Å². The Balaban J connectivity index is 1.07. The van der Waals surface area contributed by atoms with Crippen LogP contribution in [0.2, 0.25) is 0 Å². The zero-order chi connectivity index (χ0) is 33.0. The normalized spacial score (nSPS) is 11.6. The fourth-order valence-electron chi connectivity index (χ4n) is 7.19. The zero-order valence-electron chi connectivity index (χ0n) is 27.0. The van der Waals surface area contributed by atoms with Gasteiger partial charge in [-0.2, -0.15) is 0 Å². The van der Waals surface area contributed by atoms with E-state index in [2.05, 4.69) is 132 Å². The summed E-state index contributed by atoms with van der Waals surface area (Å²) in [4.78, 5) is 10.0. The Hall–Kier alpha value is -6.78. The van der Waals surface area contributed by atoms with Crippen molar-refractivity contribution in [3.8, 4) is 50.6 Å². The summed E-state index contributed by atoms with van der Waals surface area (Å²) in [5.74, 6) is 0.681. The number of fused-ring (bicyclic) bond motifs is 6. The summed E-state index contributed by atoms with van der Waals surface area (Å²) < 4.78 is 8.94. The Labute approximate surface area is 288 Å². The van der Waals surface area contributed by atoms with E-state index in [9.17, 15) is 0 Å². The average Bonchev–Trinajstić information content (AvgIpc) is 3.73. The molecule has 0 unspecified atom stereocenters. The fourth-order valence-corrected chi connectivity index (χ4v) is 7.19. The van der Waals surface area contributed by atoms with Crippen LogP contribution in [-0.4, -0.2) is 14.5 Å².